The van der Waals surface area contributed by atoms with Gasteiger partial charge in [-0.05, 0) is 73.9 Å². The van der Waals surface area contributed by atoms with Crippen molar-refractivity contribution in [2.45, 2.75) is 52.1 Å². The molecule has 4 aromatic rings. The van der Waals surface area contributed by atoms with Crippen molar-refractivity contribution < 1.29 is 9.47 Å². The zero-order chi connectivity index (χ0) is 24.1. The molecule has 0 N–H and O–H groups in total. The molecule has 2 aliphatic rings. The molecule has 2 aromatic carbocycles. The minimum absolute atomic E-state index is 0. The molecule has 3 heterocycles. The average molecular weight is 505 g/mol. The van der Waals surface area contributed by atoms with Gasteiger partial charge in [0.15, 0.2) is 5.65 Å². The maximum atomic E-state index is 5.72. The number of methoxy groups -OCH3 is 2. The van der Waals surface area contributed by atoms with Crippen LogP contribution in [0.2, 0.25) is 0 Å². The Labute approximate surface area is 218 Å². The molecule has 7 heteroatoms. The lowest BCUT2D eigenvalue weighted by molar-refractivity contribution is 0.173. The van der Waals surface area contributed by atoms with Crippen molar-refractivity contribution in [2.75, 3.05) is 25.7 Å². The molecule has 0 fully saturated rings. The van der Waals surface area contributed by atoms with Gasteiger partial charge in [-0.25, -0.2) is 4.98 Å². The highest BCUT2D eigenvalue weighted by molar-refractivity contribution is 5.85. The standard InChI is InChI=1S/C29H32N4O2.ClH/c1-18-14-23(35-4)12-13-24(18)27-19(2)31-33-28(27)30-26-11-7-10-25(26)29(33)32-16-21-9-6-5-8-20(21)15-22(32)17-34-3;/h5-6,8-9,12-14,22H,7,10-11,15-17H2,1-4H3;1H/t22-;/m0./s1. The van der Waals surface area contributed by atoms with Crippen LogP contribution in [-0.2, 0) is 30.5 Å². The Balaban J connectivity index is 0.00000267. The molecule has 1 atom stereocenters. The summed E-state index contributed by atoms with van der Waals surface area (Å²) in [5.41, 5.74) is 10.7. The smallest absolute Gasteiger partial charge is 0.165 e. The van der Waals surface area contributed by atoms with Crippen molar-refractivity contribution in [1.29, 1.82) is 0 Å². The summed E-state index contributed by atoms with van der Waals surface area (Å²) in [4.78, 5) is 7.75. The number of rotatable bonds is 5. The van der Waals surface area contributed by atoms with Gasteiger partial charge in [-0.15, -0.1) is 12.4 Å². The molecule has 0 bridgehead atoms. The highest BCUT2D eigenvalue weighted by atomic mass is 35.5. The fourth-order valence-corrected chi connectivity index (χ4v) is 5.94. The third kappa shape index (κ3) is 3.93. The molecule has 6 rings (SSSR count). The first-order valence-corrected chi connectivity index (χ1v) is 12.5. The highest BCUT2D eigenvalue weighted by Gasteiger charge is 2.33. The van der Waals surface area contributed by atoms with Gasteiger partial charge in [0.25, 0.3) is 0 Å². The highest BCUT2D eigenvalue weighted by Crippen LogP contribution is 2.40. The zero-order valence-electron chi connectivity index (χ0n) is 21.4. The Morgan fingerprint density at radius 3 is 2.58 bits per heavy atom. The summed E-state index contributed by atoms with van der Waals surface area (Å²) in [6.07, 6.45) is 4.16. The number of anilines is 1. The van der Waals surface area contributed by atoms with Gasteiger partial charge in [0.1, 0.15) is 11.6 Å². The summed E-state index contributed by atoms with van der Waals surface area (Å²) in [7, 11) is 3.51. The first-order valence-electron chi connectivity index (χ1n) is 12.5. The molecule has 0 spiro atoms. The van der Waals surface area contributed by atoms with Crippen LogP contribution in [0.25, 0.3) is 16.8 Å². The molecule has 6 nitrogen and oxygen atoms in total. The van der Waals surface area contributed by atoms with Gasteiger partial charge in [-0.3, -0.25) is 0 Å². The van der Waals surface area contributed by atoms with Crippen molar-refractivity contribution >= 4 is 23.9 Å². The maximum Gasteiger partial charge on any atom is 0.165 e. The number of halogens is 1. The van der Waals surface area contributed by atoms with E-state index in [-0.39, 0.29) is 18.4 Å². The molecule has 1 aliphatic heterocycles. The summed E-state index contributed by atoms with van der Waals surface area (Å²) in [5, 5.41) is 5.12. The van der Waals surface area contributed by atoms with E-state index in [2.05, 4.69) is 59.7 Å². The number of ether oxygens (including phenoxy) is 2. The normalized spacial score (nSPS) is 16.6. The van der Waals surface area contributed by atoms with Gasteiger partial charge in [0.05, 0.1) is 25.5 Å². The molecule has 0 saturated carbocycles. The SMILES string of the molecule is COC[C@@H]1Cc2ccccc2CN1c1c2c(nc3c(-c4ccc(OC)cc4C)c(C)nn13)CCC2.Cl. The topological polar surface area (TPSA) is 51.9 Å². The first kappa shape index (κ1) is 24.6. The molecule has 2 aromatic heterocycles. The molecule has 36 heavy (non-hydrogen) atoms. The van der Waals surface area contributed by atoms with Crippen molar-refractivity contribution in [1.82, 2.24) is 14.6 Å². The van der Waals surface area contributed by atoms with Crippen LogP contribution in [0.5, 0.6) is 5.75 Å². The van der Waals surface area contributed by atoms with Gasteiger partial charge in [-0.1, -0.05) is 30.3 Å². The summed E-state index contributed by atoms with van der Waals surface area (Å²) in [5.74, 6) is 2.06. The Hall–Kier alpha value is -3.09. The molecule has 0 saturated heterocycles. The molecular formula is C29H33ClN4O2. The molecule has 0 radical (unpaired) electrons. The van der Waals surface area contributed by atoms with Crippen molar-refractivity contribution in [3.05, 3.63) is 76.1 Å². The lowest BCUT2D eigenvalue weighted by Crippen LogP contribution is -2.44. The monoisotopic (exact) mass is 504 g/mol. The second-order valence-electron chi connectivity index (χ2n) is 9.80. The Morgan fingerprint density at radius 1 is 1.03 bits per heavy atom. The van der Waals surface area contributed by atoms with E-state index in [9.17, 15) is 0 Å². The quantitative estimate of drug-likeness (QED) is 0.358. The number of benzene rings is 2. The van der Waals surface area contributed by atoms with E-state index in [1.807, 2.05) is 6.07 Å². The predicted molar refractivity (Wildman–Crippen MR) is 146 cm³/mol. The number of nitrogens with zero attached hydrogens (tertiary/aromatic N) is 4. The Kier molecular flexibility index (Phi) is 6.66. The number of hydrogen-bond acceptors (Lipinski definition) is 5. The lowest BCUT2D eigenvalue weighted by atomic mass is 9.94. The lowest BCUT2D eigenvalue weighted by Gasteiger charge is -2.39. The van der Waals surface area contributed by atoms with Crippen LogP contribution in [-0.4, -0.2) is 41.5 Å². The van der Waals surface area contributed by atoms with Crippen LogP contribution >= 0.6 is 12.4 Å². The van der Waals surface area contributed by atoms with E-state index in [0.717, 1.165) is 66.0 Å². The van der Waals surface area contributed by atoms with E-state index >= 15 is 0 Å². The molecule has 188 valence electrons. The average Bonchev–Trinajstić information content (AvgIpc) is 3.46. The number of fused-ring (bicyclic) bond motifs is 3. The molecular weight excluding hydrogens is 472 g/mol. The van der Waals surface area contributed by atoms with Gasteiger partial charge >= 0.3 is 0 Å². The van der Waals surface area contributed by atoms with E-state index in [1.54, 1.807) is 14.2 Å². The third-order valence-corrected chi connectivity index (χ3v) is 7.63. The number of aryl methyl sites for hydroxylation is 3. The van der Waals surface area contributed by atoms with Crippen LogP contribution in [0, 0.1) is 13.8 Å². The zero-order valence-corrected chi connectivity index (χ0v) is 22.2. The minimum atomic E-state index is 0. The fourth-order valence-electron chi connectivity index (χ4n) is 5.94. The fraction of sp³-hybridized carbons (Fsp3) is 0.379. The predicted octanol–water partition coefficient (Wildman–Crippen LogP) is 5.51. The van der Waals surface area contributed by atoms with Gasteiger partial charge < -0.3 is 14.4 Å². The van der Waals surface area contributed by atoms with Crippen LogP contribution in [0.4, 0.5) is 5.82 Å². The van der Waals surface area contributed by atoms with Gasteiger partial charge in [0, 0.05) is 30.5 Å². The van der Waals surface area contributed by atoms with Gasteiger partial charge in [0.2, 0.25) is 0 Å². The minimum Gasteiger partial charge on any atom is -0.497 e. The van der Waals surface area contributed by atoms with Crippen molar-refractivity contribution in [3.8, 4) is 16.9 Å². The second kappa shape index (κ2) is 9.75. The molecule has 0 amide bonds. The maximum absolute atomic E-state index is 5.72. The second-order valence-corrected chi connectivity index (χ2v) is 9.80. The first-order chi connectivity index (χ1) is 17.1. The summed E-state index contributed by atoms with van der Waals surface area (Å²) >= 11 is 0. The van der Waals surface area contributed by atoms with Crippen LogP contribution in [0.1, 0.15) is 40.1 Å². The van der Waals surface area contributed by atoms with Crippen LogP contribution in [0.15, 0.2) is 42.5 Å². The Morgan fingerprint density at radius 2 is 1.83 bits per heavy atom. The van der Waals surface area contributed by atoms with E-state index < -0.39 is 0 Å². The molecule has 1 aliphatic carbocycles. The largest absolute Gasteiger partial charge is 0.497 e. The van der Waals surface area contributed by atoms with Crippen LogP contribution < -0.4 is 9.64 Å². The number of hydrogen-bond donors (Lipinski definition) is 0. The van der Waals surface area contributed by atoms with E-state index in [1.165, 1.54) is 28.2 Å². The number of aromatic nitrogens is 3. The third-order valence-electron chi connectivity index (χ3n) is 7.63. The summed E-state index contributed by atoms with van der Waals surface area (Å²) in [6.45, 7) is 5.76. The summed E-state index contributed by atoms with van der Waals surface area (Å²) < 4.78 is 13.3. The van der Waals surface area contributed by atoms with E-state index in [4.69, 9.17) is 19.6 Å². The molecule has 0 unspecified atom stereocenters. The summed E-state index contributed by atoms with van der Waals surface area (Å²) in [6, 6.07) is 15.3. The van der Waals surface area contributed by atoms with Crippen molar-refractivity contribution in [3.63, 3.8) is 0 Å². The Bertz CT molecular complexity index is 1430. The van der Waals surface area contributed by atoms with Crippen LogP contribution in [0.3, 0.4) is 0 Å². The van der Waals surface area contributed by atoms with Crippen molar-refractivity contribution in [2.24, 2.45) is 0 Å². The van der Waals surface area contributed by atoms with E-state index in [0.29, 0.717) is 6.61 Å². The van der Waals surface area contributed by atoms with Gasteiger partial charge in [-0.2, -0.15) is 9.61 Å².